The Morgan fingerprint density at radius 2 is 2.16 bits per heavy atom. The minimum atomic E-state index is -0.0501. The van der Waals surface area contributed by atoms with Gasteiger partial charge in [0.2, 0.25) is 5.78 Å². The average Bonchev–Trinajstić information content (AvgIpc) is 2.76. The van der Waals surface area contributed by atoms with E-state index in [9.17, 15) is 4.79 Å². The van der Waals surface area contributed by atoms with E-state index in [-0.39, 0.29) is 5.78 Å². The number of nitrogens with zero attached hydrogens (tertiary/aromatic N) is 1. The smallest absolute Gasteiger partial charge is 0.204 e. The highest BCUT2D eigenvalue weighted by Gasteiger charge is 2.15. The molecule has 0 aliphatic heterocycles. The summed E-state index contributed by atoms with van der Waals surface area (Å²) >= 11 is 8.15. The molecule has 6 heteroatoms. The van der Waals surface area contributed by atoms with Gasteiger partial charge in [-0.05, 0) is 50.4 Å². The van der Waals surface area contributed by atoms with E-state index in [0.717, 1.165) is 14.7 Å². The van der Waals surface area contributed by atoms with Gasteiger partial charge in [-0.3, -0.25) is 9.78 Å². The number of halogens is 2. The molecular weight excluding hydrogens is 394 g/mol. The lowest BCUT2D eigenvalue weighted by atomic mass is 10.1. The normalized spacial score (nSPS) is 10.5. The van der Waals surface area contributed by atoms with Crippen molar-refractivity contribution in [3.05, 3.63) is 43.2 Å². The number of thiophene rings is 1. The first-order chi connectivity index (χ1) is 9.11. The molecule has 0 saturated carbocycles. The van der Waals surface area contributed by atoms with Crippen LogP contribution in [0.2, 0.25) is 0 Å². The Bertz CT molecular complexity index is 579. The van der Waals surface area contributed by atoms with E-state index in [1.807, 2.05) is 6.92 Å². The zero-order valence-corrected chi connectivity index (χ0v) is 14.1. The van der Waals surface area contributed by atoms with Crippen molar-refractivity contribution in [1.82, 2.24) is 4.98 Å². The summed E-state index contributed by atoms with van der Waals surface area (Å²) < 4.78 is 7.27. The molecule has 2 rings (SSSR count). The standard InChI is InChI=1S/C13H11Br2NO2S/c1-2-3-18-9-4-8(6-16-7-9)12(17)11-5-10(14)13(15)19-11/h4-7H,2-3H2,1H3. The molecule has 0 spiro atoms. The number of carbonyl (C=O) groups excluding carboxylic acids is 1. The van der Waals surface area contributed by atoms with E-state index >= 15 is 0 Å². The summed E-state index contributed by atoms with van der Waals surface area (Å²) in [5, 5.41) is 0. The predicted molar refractivity (Wildman–Crippen MR) is 83.2 cm³/mol. The lowest BCUT2D eigenvalue weighted by Gasteiger charge is -2.05. The van der Waals surface area contributed by atoms with Crippen LogP contribution in [0.25, 0.3) is 0 Å². The maximum atomic E-state index is 12.3. The molecule has 0 bridgehead atoms. The van der Waals surface area contributed by atoms with Crippen LogP contribution in [0.4, 0.5) is 0 Å². The quantitative estimate of drug-likeness (QED) is 0.678. The van der Waals surface area contributed by atoms with Crippen LogP contribution in [0, 0.1) is 0 Å². The second-order valence-corrected chi connectivity index (χ2v) is 7.04. The van der Waals surface area contributed by atoms with Gasteiger partial charge >= 0.3 is 0 Å². The Morgan fingerprint density at radius 1 is 1.37 bits per heavy atom. The van der Waals surface area contributed by atoms with Crippen LogP contribution in [-0.4, -0.2) is 17.4 Å². The van der Waals surface area contributed by atoms with Gasteiger partial charge in [0.25, 0.3) is 0 Å². The van der Waals surface area contributed by atoms with E-state index in [2.05, 4.69) is 36.8 Å². The molecule has 0 aliphatic carbocycles. The molecule has 3 nitrogen and oxygen atoms in total. The Hall–Kier alpha value is -0.720. The van der Waals surface area contributed by atoms with Gasteiger partial charge in [0.15, 0.2) is 0 Å². The fourth-order valence-corrected chi connectivity index (χ4v) is 3.44. The molecule has 0 N–H and O–H groups in total. The molecule has 0 aromatic carbocycles. The Morgan fingerprint density at radius 3 is 2.79 bits per heavy atom. The number of carbonyl (C=O) groups is 1. The van der Waals surface area contributed by atoms with Gasteiger partial charge in [0.1, 0.15) is 5.75 Å². The SMILES string of the molecule is CCCOc1cncc(C(=O)c2cc(Br)c(Br)s2)c1. The minimum absolute atomic E-state index is 0.0501. The van der Waals surface area contributed by atoms with Crippen LogP contribution < -0.4 is 4.74 Å². The molecule has 2 aromatic heterocycles. The molecule has 19 heavy (non-hydrogen) atoms. The molecule has 0 saturated heterocycles. The van der Waals surface area contributed by atoms with Gasteiger partial charge in [-0.1, -0.05) is 6.92 Å². The van der Waals surface area contributed by atoms with Gasteiger partial charge in [0, 0.05) is 16.2 Å². The van der Waals surface area contributed by atoms with Crippen LogP contribution in [0.3, 0.4) is 0 Å². The highest BCUT2D eigenvalue weighted by Crippen LogP contribution is 2.33. The number of pyridine rings is 1. The third-order valence-corrected chi connectivity index (χ3v) is 5.57. The Kier molecular flexibility index (Phi) is 5.13. The van der Waals surface area contributed by atoms with Crippen molar-refractivity contribution in [3.63, 3.8) is 0 Å². The van der Waals surface area contributed by atoms with Gasteiger partial charge < -0.3 is 4.74 Å². The van der Waals surface area contributed by atoms with Gasteiger partial charge in [0.05, 0.1) is 21.5 Å². The van der Waals surface area contributed by atoms with Crippen molar-refractivity contribution in [2.45, 2.75) is 13.3 Å². The predicted octanol–water partition coefficient (Wildman–Crippen LogP) is 4.69. The summed E-state index contributed by atoms with van der Waals surface area (Å²) in [4.78, 5) is 17.0. The number of rotatable bonds is 5. The number of hydrogen-bond donors (Lipinski definition) is 0. The second-order valence-electron chi connectivity index (χ2n) is 3.82. The maximum Gasteiger partial charge on any atom is 0.204 e. The van der Waals surface area contributed by atoms with Gasteiger partial charge in [-0.15, -0.1) is 11.3 Å². The van der Waals surface area contributed by atoms with Crippen molar-refractivity contribution in [3.8, 4) is 5.75 Å². The summed E-state index contributed by atoms with van der Waals surface area (Å²) in [6.07, 6.45) is 4.10. The van der Waals surface area contributed by atoms with Crippen LogP contribution in [0.5, 0.6) is 5.75 Å². The summed E-state index contributed by atoms with van der Waals surface area (Å²) in [6.45, 7) is 2.65. The first kappa shape index (κ1) is 14.7. The molecule has 2 heterocycles. The molecule has 0 unspecified atom stereocenters. The van der Waals surface area contributed by atoms with Crippen molar-refractivity contribution < 1.29 is 9.53 Å². The monoisotopic (exact) mass is 403 g/mol. The Balaban J connectivity index is 2.23. The highest BCUT2D eigenvalue weighted by molar-refractivity contribution is 9.13. The molecule has 0 radical (unpaired) electrons. The molecule has 0 atom stereocenters. The van der Waals surface area contributed by atoms with Crippen LogP contribution in [0.15, 0.2) is 32.8 Å². The molecule has 2 aromatic rings. The summed E-state index contributed by atoms with van der Waals surface area (Å²) in [7, 11) is 0. The van der Waals surface area contributed by atoms with Crippen molar-refractivity contribution in [2.24, 2.45) is 0 Å². The fourth-order valence-electron chi connectivity index (χ4n) is 1.44. The number of aromatic nitrogens is 1. The third-order valence-electron chi connectivity index (χ3n) is 2.32. The second kappa shape index (κ2) is 6.63. The average molecular weight is 405 g/mol. The van der Waals surface area contributed by atoms with E-state index in [4.69, 9.17) is 4.74 Å². The van der Waals surface area contributed by atoms with Gasteiger partial charge in [-0.25, -0.2) is 0 Å². The van der Waals surface area contributed by atoms with Crippen molar-refractivity contribution in [1.29, 1.82) is 0 Å². The zero-order valence-electron chi connectivity index (χ0n) is 10.2. The van der Waals surface area contributed by atoms with Crippen LogP contribution in [0.1, 0.15) is 28.6 Å². The Labute approximate surface area is 132 Å². The molecule has 100 valence electrons. The zero-order chi connectivity index (χ0) is 13.8. The molecular formula is C13H11Br2NO2S. The number of hydrogen-bond acceptors (Lipinski definition) is 4. The summed E-state index contributed by atoms with van der Waals surface area (Å²) in [5.74, 6) is 0.577. The lowest BCUT2D eigenvalue weighted by molar-refractivity contribution is 0.104. The van der Waals surface area contributed by atoms with E-state index in [1.54, 1.807) is 24.5 Å². The number of ketones is 1. The van der Waals surface area contributed by atoms with E-state index in [0.29, 0.717) is 22.8 Å². The first-order valence-corrected chi connectivity index (χ1v) is 8.09. The topological polar surface area (TPSA) is 39.2 Å². The van der Waals surface area contributed by atoms with Crippen molar-refractivity contribution >= 4 is 49.0 Å². The third kappa shape index (κ3) is 3.64. The summed E-state index contributed by atoms with van der Waals surface area (Å²) in [5.41, 5.74) is 0.537. The maximum absolute atomic E-state index is 12.3. The lowest BCUT2D eigenvalue weighted by Crippen LogP contribution is -2.01. The molecule has 0 amide bonds. The van der Waals surface area contributed by atoms with Gasteiger partial charge in [-0.2, -0.15) is 0 Å². The van der Waals surface area contributed by atoms with Crippen molar-refractivity contribution in [2.75, 3.05) is 6.61 Å². The van der Waals surface area contributed by atoms with Crippen LogP contribution in [-0.2, 0) is 0 Å². The fraction of sp³-hybridized carbons (Fsp3) is 0.231. The first-order valence-electron chi connectivity index (χ1n) is 5.69. The minimum Gasteiger partial charge on any atom is -0.492 e. The largest absolute Gasteiger partial charge is 0.492 e. The van der Waals surface area contributed by atoms with E-state index < -0.39 is 0 Å². The molecule has 0 fully saturated rings. The summed E-state index contributed by atoms with van der Waals surface area (Å²) in [6, 6.07) is 3.53. The number of ether oxygens (including phenoxy) is 1. The molecule has 0 aliphatic rings. The van der Waals surface area contributed by atoms with E-state index in [1.165, 1.54) is 11.3 Å². The van der Waals surface area contributed by atoms with Crippen LogP contribution >= 0.6 is 43.2 Å². The highest BCUT2D eigenvalue weighted by atomic mass is 79.9.